The number of nitrogens with one attached hydrogen (secondary N) is 9. The Balaban J connectivity index is 0.000000340. The van der Waals surface area contributed by atoms with Crippen LogP contribution in [0.1, 0.15) is 115 Å². The van der Waals surface area contributed by atoms with E-state index in [2.05, 4.69) is 47.9 Å². The molecule has 5 rings (SSSR count). The van der Waals surface area contributed by atoms with Crippen molar-refractivity contribution in [1.82, 2.24) is 47.9 Å². The first kappa shape index (κ1) is 71.2. The third-order valence-electron chi connectivity index (χ3n) is 12.8. The Morgan fingerprint density at radius 1 is 0.488 bits per heavy atom. The average Bonchev–Trinajstić information content (AvgIpc) is 2.26. The molecule has 23 nitrogen and oxygen atoms in total. The van der Waals surface area contributed by atoms with Crippen LogP contribution in [0.4, 0.5) is 14.4 Å². The molecular weight excluding hydrogens is 1150 g/mol. The van der Waals surface area contributed by atoms with Crippen LogP contribution in [0, 0.1) is 19.8 Å². The van der Waals surface area contributed by atoms with E-state index < -0.39 is 65.9 Å². The van der Waals surface area contributed by atoms with Crippen molar-refractivity contribution in [1.29, 1.82) is 0 Å². The van der Waals surface area contributed by atoms with Crippen molar-refractivity contribution in [2.45, 2.75) is 111 Å². The second-order valence-corrected chi connectivity index (χ2v) is 20.5. The van der Waals surface area contributed by atoms with E-state index in [0.29, 0.717) is 35.3 Å². The number of amides is 9. The van der Waals surface area contributed by atoms with E-state index in [-0.39, 0.29) is 71.8 Å². The largest absolute Gasteiger partial charge is 0.497 e. The molecule has 0 aliphatic heterocycles. The molecule has 5 atom stereocenters. The summed E-state index contributed by atoms with van der Waals surface area (Å²) in [5, 5.41) is 51.0. The molecule has 0 unspecified atom stereocenters. The van der Waals surface area contributed by atoms with Gasteiger partial charge in [0.2, 0.25) is 5.91 Å². The predicted molar refractivity (Wildman–Crippen MR) is 326 cm³/mol. The summed E-state index contributed by atoms with van der Waals surface area (Å²) in [4.78, 5) is 108. The maximum absolute atomic E-state index is 12.8. The van der Waals surface area contributed by atoms with Crippen molar-refractivity contribution in [3.63, 3.8) is 0 Å². The number of benzene rings is 5. The molecule has 0 aliphatic carbocycles. The molecule has 25 heteroatoms. The first-order chi connectivity index (χ1) is 40.8. The molecule has 464 valence electrons. The van der Waals surface area contributed by atoms with Gasteiger partial charge in [0.15, 0.2) is 0 Å². The van der Waals surface area contributed by atoms with E-state index in [0.717, 1.165) is 22.4 Å². The van der Waals surface area contributed by atoms with Gasteiger partial charge >= 0.3 is 36.0 Å². The van der Waals surface area contributed by atoms with Gasteiger partial charge in [-0.1, -0.05) is 116 Å². The number of aliphatic carboxylic acids is 3. The molecule has 0 aromatic heterocycles. The van der Waals surface area contributed by atoms with Crippen molar-refractivity contribution in [3.8, 4) is 11.5 Å². The molecule has 0 saturated carbocycles. The minimum atomic E-state index is -1.36. The lowest BCUT2D eigenvalue weighted by Gasteiger charge is -2.20. The highest BCUT2D eigenvalue weighted by molar-refractivity contribution is 6.39. The molecule has 9 amide bonds. The number of aryl methyl sites for hydroxylation is 2. The summed E-state index contributed by atoms with van der Waals surface area (Å²) in [6, 6.07) is 27.9. The molecule has 0 bridgehead atoms. The van der Waals surface area contributed by atoms with Gasteiger partial charge in [-0.15, -0.1) is 0 Å². The molecule has 0 aliphatic rings. The molecule has 0 radical (unpaired) electrons. The van der Waals surface area contributed by atoms with Crippen molar-refractivity contribution in [2.24, 2.45) is 5.92 Å². The Hall–Kier alpha value is -9.09. The van der Waals surface area contributed by atoms with E-state index in [1.54, 1.807) is 58.2 Å². The third-order valence-corrected chi connectivity index (χ3v) is 13.4. The van der Waals surface area contributed by atoms with Gasteiger partial charge < -0.3 is 72.6 Å². The fraction of sp³-hybridized carbons (Fsp3) is 0.361. The Morgan fingerprint density at radius 3 is 1.29 bits per heavy atom. The van der Waals surface area contributed by atoms with Crippen molar-refractivity contribution in [2.75, 3.05) is 26.7 Å². The summed E-state index contributed by atoms with van der Waals surface area (Å²) in [5.74, 6) is -4.21. The Kier molecular flexibility index (Phi) is 30.3. The summed E-state index contributed by atoms with van der Waals surface area (Å²) in [5.41, 5.74) is 4.39. The van der Waals surface area contributed by atoms with Crippen molar-refractivity contribution < 1.29 is 67.9 Å². The maximum atomic E-state index is 12.8. The van der Waals surface area contributed by atoms with Gasteiger partial charge in [0.25, 0.3) is 11.8 Å². The second kappa shape index (κ2) is 36.6. The fourth-order valence-corrected chi connectivity index (χ4v) is 8.63. The number of carboxylic acids is 3. The number of urea groups is 3. The smallest absolute Gasteiger partial charge is 0.328 e. The second-order valence-electron chi connectivity index (χ2n) is 19.7. The van der Waals surface area contributed by atoms with Crippen LogP contribution in [0.25, 0.3) is 0 Å². The minimum absolute atomic E-state index is 0.00769. The molecule has 0 saturated heterocycles. The molecular formula is C61H77Cl2N9O14. The van der Waals surface area contributed by atoms with Gasteiger partial charge in [0.1, 0.15) is 29.6 Å². The molecule has 0 spiro atoms. The standard InChI is InChI=1S/C24H31N3O5.C19H19Cl2N3O4.C18H27N3O5/c1-14(2)32-19-11-15(3)21(16(4)12-19)22(28)27-20(23(29)30)13-25-24(31)26-17(5)18-9-7-6-8-10-18;1-11(12-6-3-2-4-7-12)23-19(28)22-10-15(18(26)27)24-17(25)16-13(20)8-5-9-14(16)21;1-4-13(5-2)16(22)21-15(17(23)24)11-20-18(25)19-10-12-6-8-14(26-3)9-7-12/h6-12,14,17,20H,13H2,1-5H3,(H,27,28)(H,29,30)(H2,25,26,31);2-9,11,15H,10H2,1H3,(H,24,25)(H,26,27)(H2,22,23,28);6-9,13,15H,4-5,10-11H2,1-3H3,(H,21,22)(H,23,24)(H2,19,20,25)/t17-,20+;11-,15+;15-/m110/s1. The number of hydrogen-bond donors (Lipinski definition) is 12. The predicted octanol–water partition coefficient (Wildman–Crippen LogP) is 8.07. The zero-order valence-electron chi connectivity index (χ0n) is 49.3. The fourth-order valence-electron chi connectivity index (χ4n) is 8.06. The number of methoxy groups -OCH3 is 1. The number of carbonyl (C=O) groups excluding carboxylic acids is 6. The summed E-state index contributed by atoms with van der Waals surface area (Å²) in [6.07, 6.45) is 1.25. The molecule has 0 heterocycles. The minimum Gasteiger partial charge on any atom is -0.497 e. The first-order valence-corrected chi connectivity index (χ1v) is 28.2. The van der Waals surface area contributed by atoms with Crippen LogP contribution >= 0.6 is 23.2 Å². The summed E-state index contributed by atoms with van der Waals surface area (Å²) in [6.45, 7) is 14.2. The average molecular weight is 1230 g/mol. The van der Waals surface area contributed by atoms with E-state index >= 15 is 0 Å². The Morgan fingerprint density at radius 2 is 0.895 bits per heavy atom. The van der Waals surface area contributed by atoms with Gasteiger partial charge in [0.05, 0.1) is 60.5 Å². The number of rotatable bonds is 26. The van der Waals surface area contributed by atoms with Crippen LogP contribution in [0.15, 0.2) is 115 Å². The summed E-state index contributed by atoms with van der Waals surface area (Å²) >= 11 is 11.9. The zero-order chi connectivity index (χ0) is 64.0. The van der Waals surface area contributed by atoms with Gasteiger partial charge in [0, 0.05) is 18.0 Å². The lowest BCUT2D eigenvalue weighted by atomic mass is 10.0. The number of ether oxygens (including phenoxy) is 2. The Labute approximate surface area is 510 Å². The van der Waals surface area contributed by atoms with Gasteiger partial charge in [-0.2, -0.15) is 0 Å². The first-order valence-electron chi connectivity index (χ1n) is 27.4. The highest BCUT2D eigenvalue weighted by Crippen LogP contribution is 2.25. The van der Waals surface area contributed by atoms with Crippen LogP contribution in [0.3, 0.4) is 0 Å². The van der Waals surface area contributed by atoms with Crippen LogP contribution < -0.4 is 57.3 Å². The van der Waals surface area contributed by atoms with E-state index in [1.165, 1.54) is 12.1 Å². The molecule has 0 fully saturated rings. The van der Waals surface area contributed by atoms with Gasteiger partial charge in [-0.3, -0.25) is 14.4 Å². The lowest BCUT2D eigenvalue weighted by molar-refractivity contribution is -0.142. The van der Waals surface area contributed by atoms with Crippen LogP contribution in [-0.2, 0) is 25.7 Å². The highest BCUT2D eigenvalue weighted by Gasteiger charge is 2.27. The van der Waals surface area contributed by atoms with Crippen molar-refractivity contribution >= 4 is 76.9 Å². The SMILES string of the molecule is CCC(CC)C(=O)N[C@@H](CNC(=O)NCc1ccc(OC)cc1)C(=O)O.C[C@@H](NC(=O)NC[C@H](NC(=O)c1c(Cl)cccc1Cl)C(=O)O)c1ccccc1.Cc1cc(OC(C)C)cc(C)c1C(=O)N[C@@H](CNC(=O)N[C@H](C)c1ccccc1)C(=O)O. The van der Waals surface area contributed by atoms with Crippen LogP contribution in [-0.4, -0.2) is 120 Å². The third kappa shape index (κ3) is 24.6. The number of halogens is 2. The van der Waals surface area contributed by atoms with E-state index in [9.17, 15) is 58.5 Å². The quantitative estimate of drug-likeness (QED) is 0.0249. The van der Waals surface area contributed by atoms with Crippen LogP contribution in [0.2, 0.25) is 10.0 Å². The summed E-state index contributed by atoms with van der Waals surface area (Å²) < 4.78 is 10.7. The molecule has 86 heavy (non-hydrogen) atoms. The van der Waals surface area contributed by atoms with Crippen molar-refractivity contribution in [3.05, 3.63) is 164 Å². The number of carboxylic acid groups (broad SMARTS) is 3. The molecule has 5 aromatic carbocycles. The Bertz CT molecular complexity index is 3020. The lowest BCUT2D eigenvalue weighted by Crippen LogP contribution is -2.51. The molecule has 5 aromatic rings. The monoisotopic (exact) mass is 1230 g/mol. The number of carbonyl (C=O) groups is 9. The van der Waals surface area contributed by atoms with E-state index in [4.69, 9.17) is 32.7 Å². The van der Waals surface area contributed by atoms with E-state index in [1.807, 2.05) is 107 Å². The number of hydrogen-bond acceptors (Lipinski definition) is 11. The normalized spacial score (nSPS) is 12.2. The van der Waals surface area contributed by atoms with Gasteiger partial charge in [-0.05, 0) is 119 Å². The highest BCUT2D eigenvalue weighted by atomic mass is 35.5. The van der Waals surface area contributed by atoms with Gasteiger partial charge in [-0.25, -0.2) is 28.8 Å². The topological polar surface area (TPSA) is 341 Å². The zero-order valence-corrected chi connectivity index (χ0v) is 50.9. The van der Waals surface area contributed by atoms with Crippen LogP contribution in [0.5, 0.6) is 11.5 Å². The maximum Gasteiger partial charge on any atom is 0.328 e. The molecule has 12 N–H and O–H groups in total. The summed E-state index contributed by atoms with van der Waals surface area (Å²) in [7, 11) is 1.57.